The molecule has 0 radical (unpaired) electrons. The molecule has 1 heterocycles. The Kier molecular flexibility index (Phi) is 5.98. The minimum atomic E-state index is 0.657. The van der Waals surface area contributed by atoms with Crippen molar-refractivity contribution in [2.24, 2.45) is 0 Å². The SMILES string of the molecule is COCCN(CCBr)c1ccc(Cl)cn1. The second kappa shape index (κ2) is 7.04. The Bertz CT molecular complexity index is 281. The van der Waals surface area contributed by atoms with Crippen molar-refractivity contribution in [3.05, 3.63) is 23.4 Å². The number of nitrogens with zero attached hydrogens (tertiary/aromatic N) is 2. The molecule has 0 saturated heterocycles. The Morgan fingerprint density at radius 3 is 2.80 bits per heavy atom. The van der Waals surface area contributed by atoms with Gasteiger partial charge in [-0.15, -0.1) is 0 Å². The van der Waals surface area contributed by atoms with Crippen LogP contribution in [-0.4, -0.2) is 37.1 Å². The van der Waals surface area contributed by atoms with E-state index in [1.165, 1.54) is 0 Å². The summed E-state index contributed by atoms with van der Waals surface area (Å²) in [6.45, 7) is 2.42. The van der Waals surface area contributed by atoms with Gasteiger partial charge >= 0.3 is 0 Å². The third-order valence-corrected chi connectivity index (χ3v) is 2.53. The number of rotatable bonds is 6. The first-order valence-electron chi connectivity index (χ1n) is 4.69. The van der Waals surface area contributed by atoms with E-state index >= 15 is 0 Å². The zero-order valence-electron chi connectivity index (χ0n) is 8.62. The lowest BCUT2D eigenvalue weighted by atomic mass is 10.4. The second-order valence-electron chi connectivity index (χ2n) is 3.00. The van der Waals surface area contributed by atoms with Gasteiger partial charge in [0.25, 0.3) is 0 Å². The standard InChI is InChI=1S/C10H14BrClN2O/c1-15-7-6-14(5-4-11)10-3-2-9(12)8-13-10/h2-3,8H,4-7H2,1H3. The fraction of sp³-hybridized carbons (Fsp3) is 0.500. The summed E-state index contributed by atoms with van der Waals surface area (Å²) in [5, 5.41) is 1.56. The van der Waals surface area contributed by atoms with Crippen molar-refractivity contribution in [3.8, 4) is 0 Å². The molecule has 84 valence electrons. The number of hydrogen-bond donors (Lipinski definition) is 0. The Labute approximate surface area is 104 Å². The van der Waals surface area contributed by atoms with Crippen LogP contribution in [0.25, 0.3) is 0 Å². The molecule has 0 bridgehead atoms. The molecule has 1 aromatic rings. The van der Waals surface area contributed by atoms with Crippen molar-refractivity contribution in [1.82, 2.24) is 4.98 Å². The van der Waals surface area contributed by atoms with E-state index in [1.807, 2.05) is 12.1 Å². The lowest BCUT2D eigenvalue weighted by Gasteiger charge is -2.22. The summed E-state index contributed by atoms with van der Waals surface area (Å²) in [5.74, 6) is 0.927. The molecule has 0 atom stereocenters. The fourth-order valence-corrected chi connectivity index (χ4v) is 1.74. The highest BCUT2D eigenvalue weighted by molar-refractivity contribution is 9.09. The maximum absolute atomic E-state index is 5.78. The average molecular weight is 294 g/mol. The molecule has 0 spiro atoms. The van der Waals surface area contributed by atoms with Gasteiger partial charge in [-0.1, -0.05) is 27.5 Å². The monoisotopic (exact) mass is 292 g/mol. The van der Waals surface area contributed by atoms with Gasteiger partial charge < -0.3 is 9.64 Å². The first kappa shape index (κ1) is 12.7. The van der Waals surface area contributed by atoms with Gasteiger partial charge in [0, 0.05) is 31.7 Å². The highest BCUT2D eigenvalue weighted by atomic mass is 79.9. The van der Waals surface area contributed by atoms with Gasteiger partial charge in [-0.3, -0.25) is 0 Å². The number of ether oxygens (including phenoxy) is 1. The zero-order valence-corrected chi connectivity index (χ0v) is 11.0. The molecule has 1 aromatic heterocycles. The van der Waals surface area contributed by atoms with Crippen LogP contribution in [0.4, 0.5) is 5.82 Å². The molecule has 0 saturated carbocycles. The van der Waals surface area contributed by atoms with Gasteiger partial charge in [0.2, 0.25) is 0 Å². The molecule has 1 rings (SSSR count). The topological polar surface area (TPSA) is 25.4 Å². The summed E-state index contributed by atoms with van der Waals surface area (Å²) in [6, 6.07) is 3.76. The van der Waals surface area contributed by atoms with Gasteiger partial charge in [-0.25, -0.2) is 4.98 Å². The molecule has 3 nitrogen and oxygen atoms in total. The highest BCUT2D eigenvalue weighted by Gasteiger charge is 2.06. The van der Waals surface area contributed by atoms with Crippen molar-refractivity contribution in [3.63, 3.8) is 0 Å². The van der Waals surface area contributed by atoms with E-state index in [9.17, 15) is 0 Å². The van der Waals surface area contributed by atoms with Crippen molar-refractivity contribution in [2.75, 3.05) is 37.0 Å². The molecule has 5 heteroatoms. The van der Waals surface area contributed by atoms with Crippen LogP contribution in [0, 0.1) is 0 Å². The van der Waals surface area contributed by atoms with Crippen LogP contribution in [0.2, 0.25) is 5.02 Å². The number of aromatic nitrogens is 1. The molecule has 0 aliphatic heterocycles. The van der Waals surface area contributed by atoms with E-state index in [4.69, 9.17) is 16.3 Å². The number of alkyl halides is 1. The maximum Gasteiger partial charge on any atom is 0.128 e. The number of anilines is 1. The number of halogens is 2. The summed E-state index contributed by atoms with van der Waals surface area (Å²) in [5.41, 5.74) is 0. The third-order valence-electron chi connectivity index (χ3n) is 1.96. The lowest BCUT2D eigenvalue weighted by Crippen LogP contribution is -2.29. The maximum atomic E-state index is 5.78. The van der Waals surface area contributed by atoms with Crippen LogP contribution in [0.15, 0.2) is 18.3 Å². The predicted molar refractivity (Wildman–Crippen MR) is 67.1 cm³/mol. The molecule has 0 unspecified atom stereocenters. The number of pyridine rings is 1. The smallest absolute Gasteiger partial charge is 0.128 e. The minimum absolute atomic E-state index is 0.657. The summed E-state index contributed by atoms with van der Waals surface area (Å²) < 4.78 is 5.05. The molecule has 0 aliphatic carbocycles. The third kappa shape index (κ3) is 4.36. The first-order valence-corrected chi connectivity index (χ1v) is 6.19. The van der Waals surface area contributed by atoms with E-state index in [1.54, 1.807) is 13.3 Å². The van der Waals surface area contributed by atoms with Crippen LogP contribution < -0.4 is 4.90 Å². The summed E-state index contributed by atoms with van der Waals surface area (Å²) >= 11 is 9.20. The van der Waals surface area contributed by atoms with Crippen LogP contribution >= 0.6 is 27.5 Å². The van der Waals surface area contributed by atoms with Crippen LogP contribution in [0.5, 0.6) is 0 Å². The molecule has 0 amide bonds. The molecular weight excluding hydrogens is 279 g/mol. The van der Waals surface area contributed by atoms with Crippen molar-refractivity contribution in [2.45, 2.75) is 0 Å². The van der Waals surface area contributed by atoms with Crippen molar-refractivity contribution in [1.29, 1.82) is 0 Å². The summed E-state index contributed by atoms with van der Waals surface area (Å²) in [6.07, 6.45) is 1.66. The molecule has 0 fully saturated rings. The van der Waals surface area contributed by atoms with E-state index in [2.05, 4.69) is 25.8 Å². The van der Waals surface area contributed by atoms with Crippen LogP contribution in [-0.2, 0) is 4.74 Å². The lowest BCUT2D eigenvalue weighted by molar-refractivity contribution is 0.205. The van der Waals surface area contributed by atoms with Crippen molar-refractivity contribution >= 4 is 33.3 Å². The Balaban J connectivity index is 2.65. The zero-order chi connectivity index (χ0) is 11.1. The summed E-state index contributed by atoms with van der Waals surface area (Å²) in [7, 11) is 1.70. The van der Waals surface area contributed by atoms with E-state index in [-0.39, 0.29) is 0 Å². The number of methoxy groups -OCH3 is 1. The van der Waals surface area contributed by atoms with E-state index in [0.29, 0.717) is 11.6 Å². The van der Waals surface area contributed by atoms with Gasteiger partial charge in [0.1, 0.15) is 5.82 Å². The number of hydrogen-bond acceptors (Lipinski definition) is 3. The van der Waals surface area contributed by atoms with Crippen LogP contribution in [0.1, 0.15) is 0 Å². The molecule has 0 N–H and O–H groups in total. The van der Waals surface area contributed by atoms with Gasteiger partial charge in [-0.2, -0.15) is 0 Å². The molecule has 15 heavy (non-hydrogen) atoms. The van der Waals surface area contributed by atoms with Gasteiger partial charge in [-0.05, 0) is 12.1 Å². The van der Waals surface area contributed by atoms with Gasteiger partial charge in [0.15, 0.2) is 0 Å². The molecular formula is C10H14BrClN2O. The highest BCUT2D eigenvalue weighted by Crippen LogP contribution is 2.14. The molecule has 0 aromatic carbocycles. The fourth-order valence-electron chi connectivity index (χ4n) is 1.20. The minimum Gasteiger partial charge on any atom is -0.383 e. The Hall–Kier alpha value is -0.320. The van der Waals surface area contributed by atoms with Gasteiger partial charge in [0.05, 0.1) is 11.6 Å². The Morgan fingerprint density at radius 2 is 2.27 bits per heavy atom. The van der Waals surface area contributed by atoms with E-state index < -0.39 is 0 Å². The summed E-state index contributed by atoms with van der Waals surface area (Å²) in [4.78, 5) is 6.42. The quantitative estimate of drug-likeness (QED) is 0.754. The average Bonchev–Trinajstić information content (AvgIpc) is 2.25. The first-order chi connectivity index (χ1) is 7.27. The normalized spacial score (nSPS) is 10.3. The Morgan fingerprint density at radius 1 is 1.47 bits per heavy atom. The second-order valence-corrected chi connectivity index (χ2v) is 4.23. The van der Waals surface area contributed by atoms with Crippen LogP contribution in [0.3, 0.4) is 0 Å². The van der Waals surface area contributed by atoms with E-state index in [0.717, 1.165) is 24.2 Å². The molecule has 0 aliphatic rings. The largest absolute Gasteiger partial charge is 0.383 e. The van der Waals surface area contributed by atoms with Crippen molar-refractivity contribution < 1.29 is 4.74 Å². The predicted octanol–water partition coefficient (Wildman–Crippen LogP) is 2.58.